The number of ether oxygens (including phenoxy) is 1. The first-order chi connectivity index (χ1) is 13.0. The molecule has 2 aromatic heterocycles. The number of benzene rings is 1. The zero-order chi connectivity index (χ0) is 19.6. The Morgan fingerprint density at radius 3 is 2.70 bits per heavy atom. The van der Waals surface area contributed by atoms with Crippen LogP contribution in [0.15, 0.2) is 36.5 Å². The highest BCUT2D eigenvalue weighted by Gasteiger charge is 2.30. The fraction of sp³-hybridized carbons (Fsp3) is 0.263. The molecule has 1 aromatic carbocycles. The number of aromatic nitrogens is 1. The number of carbonyl (C=O) groups excluding carboxylic acids is 1. The van der Waals surface area contributed by atoms with Gasteiger partial charge in [-0.25, -0.2) is 4.39 Å². The number of rotatable bonds is 3. The van der Waals surface area contributed by atoms with Crippen molar-refractivity contribution in [2.24, 2.45) is 0 Å². The molecule has 0 spiro atoms. The molecule has 3 aromatic rings. The first-order valence-corrected chi connectivity index (χ1v) is 9.41. The third-order valence-corrected chi connectivity index (χ3v) is 5.04. The van der Waals surface area contributed by atoms with Gasteiger partial charge in [0.2, 0.25) is 0 Å². The maximum atomic E-state index is 14.0. The Bertz CT molecular complexity index is 970. The van der Waals surface area contributed by atoms with Gasteiger partial charge in [-0.15, -0.1) is 11.3 Å². The Balaban J connectivity index is 0.00000102. The van der Waals surface area contributed by atoms with Crippen molar-refractivity contribution in [2.75, 3.05) is 18.8 Å². The number of nitrogens with two attached hydrogens (primary N) is 1. The predicted molar refractivity (Wildman–Crippen MR) is 104 cm³/mol. The van der Waals surface area contributed by atoms with Gasteiger partial charge < -0.3 is 20.5 Å². The largest absolute Gasteiger partial charge is 0.453 e. The van der Waals surface area contributed by atoms with E-state index in [1.807, 2.05) is 13.8 Å². The van der Waals surface area contributed by atoms with Gasteiger partial charge in [-0.05, 0) is 18.2 Å². The van der Waals surface area contributed by atoms with Gasteiger partial charge in [0.05, 0.1) is 21.2 Å². The van der Waals surface area contributed by atoms with Crippen molar-refractivity contribution in [3.8, 4) is 11.5 Å². The first-order valence-electron chi connectivity index (χ1n) is 8.60. The summed E-state index contributed by atoms with van der Waals surface area (Å²) in [7, 11) is 0. The highest BCUT2D eigenvalue weighted by Crippen LogP contribution is 2.36. The summed E-state index contributed by atoms with van der Waals surface area (Å²) in [6.45, 7) is 4.67. The van der Waals surface area contributed by atoms with Crippen molar-refractivity contribution in [3.63, 3.8) is 0 Å². The van der Waals surface area contributed by atoms with Crippen molar-refractivity contribution < 1.29 is 19.0 Å². The number of nitrogens with zero attached hydrogens (tertiary/aromatic N) is 2. The summed E-state index contributed by atoms with van der Waals surface area (Å²) >= 11 is 1.23. The number of thiophene rings is 1. The van der Waals surface area contributed by atoms with Crippen LogP contribution in [0.5, 0.6) is 11.5 Å². The van der Waals surface area contributed by atoms with E-state index in [-0.39, 0.29) is 11.7 Å². The van der Waals surface area contributed by atoms with Crippen LogP contribution in [0, 0.1) is 5.82 Å². The maximum absolute atomic E-state index is 14.0. The van der Waals surface area contributed by atoms with Crippen molar-refractivity contribution >= 4 is 33.1 Å². The van der Waals surface area contributed by atoms with Crippen LogP contribution in [-0.2, 0) is 0 Å². The normalized spacial score (nSPS) is 13.7. The van der Waals surface area contributed by atoms with Crippen LogP contribution >= 0.6 is 11.3 Å². The molecule has 3 heterocycles. The lowest BCUT2D eigenvalue weighted by Gasteiger charge is -2.35. The summed E-state index contributed by atoms with van der Waals surface area (Å²) in [5.41, 5.74) is 6.45. The molecule has 27 heavy (non-hydrogen) atoms. The fourth-order valence-corrected chi connectivity index (χ4v) is 3.63. The molecule has 0 radical (unpaired) electrons. The maximum Gasteiger partial charge on any atom is 0.264 e. The fourth-order valence-electron chi connectivity index (χ4n) is 2.60. The Hall–Kier alpha value is -2.71. The van der Waals surface area contributed by atoms with E-state index in [0.717, 1.165) is 0 Å². The minimum absolute atomic E-state index is 0.0499. The molecule has 142 valence electrons. The van der Waals surface area contributed by atoms with Crippen LogP contribution in [0.2, 0.25) is 0 Å². The summed E-state index contributed by atoms with van der Waals surface area (Å²) in [6.07, 6.45) is 1.09. The minimum Gasteiger partial charge on any atom is -0.453 e. The molecule has 0 atom stereocenters. The van der Waals surface area contributed by atoms with Gasteiger partial charge in [0, 0.05) is 37.1 Å². The Labute approximate surface area is 160 Å². The Morgan fingerprint density at radius 1 is 1.30 bits per heavy atom. The van der Waals surface area contributed by atoms with Crippen LogP contribution in [0.25, 0.3) is 10.2 Å². The lowest BCUT2D eigenvalue weighted by molar-refractivity contribution is 0.00623. The van der Waals surface area contributed by atoms with Gasteiger partial charge in [0.1, 0.15) is 5.75 Å². The van der Waals surface area contributed by atoms with Crippen LogP contribution in [0.4, 0.5) is 10.1 Å². The molecule has 1 amide bonds. The van der Waals surface area contributed by atoms with E-state index in [1.165, 1.54) is 23.5 Å². The third-order valence-electron chi connectivity index (χ3n) is 3.91. The standard InChI is InChI=1S/C17H14FN3O3S.C2H6/c18-11-5-9(19)1-2-13(11)24-14-3-4-20-12-6-15(25-16(12)14)17(23)21-7-10(22)8-21;1-2/h1-6,10,22H,7-8,19H2;1-2H3. The van der Waals surface area contributed by atoms with Crippen molar-refractivity contribution in [3.05, 3.63) is 47.2 Å². The number of pyridine rings is 1. The number of nitrogen functional groups attached to an aromatic ring is 1. The number of amides is 1. The minimum atomic E-state index is -0.563. The quantitative estimate of drug-likeness (QED) is 0.668. The number of fused-ring (bicyclic) bond motifs is 1. The molecular formula is C19H20FN3O3S. The van der Waals surface area contributed by atoms with E-state index in [4.69, 9.17) is 10.5 Å². The van der Waals surface area contributed by atoms with Gasteiger partial charge in [0.15, 0.2) is 11.6 Å². The molecule has 3 N–H and O–H groups in total. The van der Waals surface area contributed by atoms with E-state index >= 15 is 0 Å². The average Bonchev–Trinajstić information content (AvgIpc) is 3.08. The van der Waals surface area contributed by atoms with Crippen LogP contribution in [0.3, 0.4) is 0 Å². The van der Waals surface area contributed by atoms with Gasteiger partial charge in [-0.1, -0.05) is 13.8 Å². The Kier molecular flexibility index (Phi) is 5.57. The molecule has 0 aliphatic carbocycles. The van der Waals surface area contributed by atoms with Gasteiger partial charge in [0.25, 0.3) is 5.91 Å². The van der Waals surface area contributed by atoms with Crippen molar-refractivity contribution in [1.29, 1.82) is 0 Å². The molecule has 0 bridgehead atoms. The second-order valence-electron chi connectivity index (χ2n) is 5.79. The first kappa shape index (κ1) is 19.1. The summed E-state index contributed by atoms with van der Waals surface area (Å²) in [4.78, 5) is 18.7. The molecule has 1 fully saturated rings. The van der Waals surface area contributed by atoms with Crippen LogP contribution in [0.1, 0.15) is 23.5 Å². The van der Waals surface area contributed by atoms with Crippen LogP contribution < -0.4 is 10.5 Å². The molecule has 0 unspecified atom stereocenters. The van der Waals surface area contributed by atoms with Gasteiger partial charge >= 0.3 is 0 Å². The lowest BCUT2D eigenvalue weighted by Crippen LogP contribution is -2.53. The second kappa shape index (κ2) is 7.89. The summed E-state index contributed by atoms with van der Waals surface area (Å²) < 4.78 is 20.3. The molecular weight excluding hydrogens is 369 g/mol. The van der Waals surface area contributed by atoms with Crippen LogP contribution in [-0.4, -0.2) is 40.1 Å². The highest BCUT2D eigenvalue weighted by molar-refractivity contribution is 7.21. The van der Waals surface area contributed by atoms with Crippen molar-refractivity contribution in [2.45, 2.75) is 20.0 Å². The lowest BCUT2D eigenvalue weighted by atomic mass is 10.1. The SMILES string of the molecule is CC.Nc1ccc(Oc2ccnc3cc(C(=O)N4CC(O)C4)sc23)c(F)c1. The molecule has 0 saturated carbocycles. The zero-order valence-electron chi connectivity index (χ0n) is 15.0. The second-order valence-corrected chi connectivity index (χ2v) is 6.84. The molecule has 8 heteroatoms. The topological polar surface area (TPSA) is 88.7 Å². The zero-order valence-corrected chi connectivity index (χ0v) is 15.8. The average molecular weight is 389 g/mol. The molecule has 4 rings (SSSR count). The Morgan fingerprint density at radius 2 is 2.04 bits per heavy atom. The van der Waals surface area contributed by atoms with E-state index in [0.29, 0.717) is 39.6 Å². The van der Waals surface area contributed by atoms with E-state index in [1.54, 1.807) is 29.3 Å². The molecule has 1 aliphatic heterocycles. The summed E-state index contributed by atoms with van der Waals surface area (Å²) in [5.74, 6) is -0.250. The number of halogens is 1. The number of carbonyl (C=O) groups is 1. The number of likely N-dealkylation sites (tertiary alicyclic amines) is 1. The predicted octanol–water partition coefficient (Wildman–Crippen LogP) is 3.65. The monoisotopic (exact) mass is 389 g/mol. The van der Waals surface area contributed by atoms with E-state index in [2.05, 4.69) is 4.98 Å². The molecule has 1 aliphatic rings. The smallest absolute Gasteiger partial charge is 0.264 e. The summed E-state index contributed by atoms with van der Waals surface area (Å²) in [5, 5.41) is 9.34. The van der Waals surface area contributed by atoms with Gasteiger partial charge in [-0.2, -0.15) is 0 Å². The van der Waals surface area contributed by atoms with E-state index in [9.17, 15) is 14.3 Å². The number of β-amino-alcohol motifs (C(OH)–C–C–N with tert-alkyl or cyclic N) is 1. The molecule has 1 saturated heterocycles. The number of hydrogen-bond acceptors (Lipinski definition) is 6. The molecule has 6 nitrogen and oxygen atoms in total. The third kappa shape index (κ3) is 3.86. The van der Waals surface area contributed by atoms with Crippen molar-refractivity contribution in [1.82, 2.24) is 9.88 Å². The van der Waals surface area contributed by atoms with E-state index < -0.39 is 11.9 Å². The van der Waals surface area contributed by atoms with Gasteiger partial charge in [-0.3, -0.25) is 9.78 Å². The highest BCUT2D eigenvalue weighted by atomic mass is 32.1. The number of anilines is 1. The summed E-state index contributed by atoms with van der Waals surface area (Å²) in [6, 6.07) is 7.50. The number of aliphatic hydroxyl groups is 1. The number of aliphatic hydroxyl groups excluding tert-OH is 1. The number of hydrogen-bond donors (Lipinski definition) is 2.